The van der Waals surface area contributed by atoms with Gasteiger partial charge >= 0.3 is 0 Å². The third kappa shape index (κ3) is 8.67. The van der Waals surface area contributed by atoms with E-state index < -0.39 is 10.8 Å². The van der Waals surface area contributed by atoms with Crippen molar-refractivity contribution in [3.63, 3.8) is 0 Å². The van der Waals surface area contributed by atoms with Gasteiger partial charge in [0, 0.05) is 28.7 Å². The molecule has 0 bridgehead atoms. The number of rotatable bonds is 9. The first-order valence-corrected chi connectivity index (χ1v) is 7.19. The van der Waals surface area contributed by atoms with Crippen molar-refractivity contribution in [2.75, 3.05) is 19.3 Å². The van der Waals surface area contributed by atoms with Crippen LogP contribution in [0.2, 0.25) is 0 Å². The van der Waals surface area contributed by atoms with E-state index in [0.717, 1.165) is 32.4 Å². The molecule has 0 aromatic heterocycles. The van der Waals surface area contributed by atoms with Gasteiger partial charge in [-0.3, -0.25) is 4.21 Å². The zero-order valence-electron chi connectivity index (χ0n) is 10.1. The molecule has 6 heteroatoms. The highest BCUT2D eigenvalue weighted by Crippen LogP contribution is 1.98. The number of unbranched alkanes of at least 4 members (excludes halogenated alkanes) is 1. The highest BCUT2D eigenvalue weighted by molar-refractivity contribution is 7.84. The average molecular weight is 249 g/mol. The largest absolute Gasteiger partial charge is 0.409 e. The first kappa shape index (κ1) is 15.4. The maximum absolute atomic E-state index is 11.1. The van der Waals surface area contributed by atoms with Gasteiger partial charge in [-0.05, 0) is 32.4 Å². The van der Waals surface area contributed by atoms with Crippen molar-refractivity contribution >= 4 is 16.6 Å². The molecule has 0 radical (unpaired) electrons. The SMILES string of the molecule is CC(CCNCCCCC(N)=NO)S(C)=O. The van der Waals surface area contributed by atoms with Crippen LogP contribution in [0.1, 0.15) is 32.6 Å². The Kier molecular flexibility index (Phi) is 9.22. The predicted octanol–water partition coefficient (Wildman–Crippen LogP) is 0.650. The molecule has 0 spiro atoms. The van der Waals surface area contributed by atoms with Gasteiger partial charge in [-0.25, -0.2) is 0 Å². The lowest BCUT2D eigenvalue weighted by molar-refractivity contribution is 0.316. The van der Waals surface area contributed by atoms with Crippen LogP contribution in [-0.2, 0) is 10.8 Å². The second kappa shape index (κ2) is 9.59. The van der Waals surface area contributed by atoms with Gasteiger partial charge in [-0.1, -0.05) is 12.1 Å². The van der Waals surface area contributed by atoms with E-state index in [1.807, 2.05) is 6.92 Å². The minimum Gasteiger partial charge on any atom is -0.409 e. The molecule has 0 aliphatic heterocycles. The fourth-order valence-electron chi connectivity index (χ4n) is 1.20. The quantitative estimate of drug-likeness (QED) is 0.184. The molecule has 16 heavy (non-hydrogen) atoms. The van der Waals surface area contributed by atoms with Gasteiger partial charge < -0.3 is 16.3 Å². The van der Waals surface area contributed by atoms with Crippen LogP contribution >= 0.6 is 0 Å². The second-order valence-corrected chi connectivity index (χ2v) is 5.70. The van der Waals surface area contributed by atoms with E-state index in [2.05, 4.69) is 10.5 Å². The predicted molar refractivity (Wildman–Crippen MR) is 68.3 cm³/mol. The molecule has 0 heterocycles. The highest BCUT2D eigenvalue weighted by atomic mass is 32.2. The topological polar surface area (TPSA) is 87.7 Å². The molecule has 0 fully saturated rings. The van der Waals surface area contributed by atoms with Crippen LogP contribution in [-0.4, -0.2) is 39.8 Å². The van der Waals surface area contributed by atoms with Gasteiger partial charge in [0.15, 0.2) is 0 Å². The summed E-state index contributed by atoms with van der Waals surface area (Å²) in [5.74, 6) is 0.287. The first-order valence-electron chi connectivity index (χ1n) is 5.57. The van der Waals surface area contributed by atoms with Gasteiger partial charge in [0.1, 0.15) is 5.84 Å². The minimum absolute atomic E-state index is 0.254. The Hall–Kier alpha value is -0.620. The summed E-state index contributed by atoms with van der Waals surface area (Å²) in [4.78, 5) is 0. The van der Waals surface area contributed by atoms with Gasteiger partial charge in [-0.15, -0.1) is 0 Å². The molecular weight excluding hydrogens is 226 g/mol. The van der Waals surface area contributed by atoms with Gasteiger partial charge in [0.2, 0.25) is 0 Å². The number of nitrogens with zero attached hydrogens (tertiary/aromatic N) is 1. The lowest BCUT2D eigenvalue weighted by Crippen LogP contribution is -2.22. The van der Waals surface area contributed by atoms with Crippen molar-refractivity contribution < 1.29 is 9.42 Å². The van der Waals surface area contributed by atoms with Crippen LogP contribution in [0.5, 0.6) is 0 Å². The lowest BCUT2D eigenvalue weighted by atomic mass is 10.2. The van der Waals surface area contributed by atoms with Crippen molar-refractivity contribution in [3.05, 3.63) is 0 Å². The molecule has 0 aliphatic rings. The molecule has 0 aromatic carbocycles. The smallest absolute Gasteiger partial charge is 0.139 e. The minimum atomic E-state index is -0.727. The Bertz CT molecular complexity index is 234. The van der Waals surface area contributed by atoms with E-state index in [9.17, 15) is 4.21 Å². The summed E-state index contributed by atoms with van der Waals surface area (Å²) in [5.41, 5.74) is 5.33. The van der Waals surface area contributed by atoms with Crippen LogP contribution in [0.3, 0.4) is 0 Å². The van der Waals surface area contributed by atoms with Gasteiger partial charge in [-0.2, -0.15) is 0 Å². The molecular formula is C10H23N3O2S. The average Bonchev–Trinajstić information content (AvgIpc) is 2.26. The number of hydrogen-bond donors (Lipinski definition) is 3. The maximum atomic E-state index is 11.1. The number of amidine groups is 1. The molecule has 0 saturated heterocycles. The summed E-state index contributed by atoms with van der Waals surface area (Å²) in [6.07, 6.45) is 5.22. The van der Waals surface area contributed by atoms with Crippen molar-refractivity contribution in [3.8, 4) is 0 Å². The normalized spacial score (nSPS) is 16.0. The summed E-state index contributed by atoms with van der Waals surface area (Å²) >= 11 is 0. The van der Waals surface area contributed by atoms with Crippen LogP contribution in [0, 0.1) is 0 Å². The Morgan fingerprint density at radius 2 is 2.19 bits per heavy atom. The third-order valence-electron chi connectivity index (χ3n) is 2.46. The van der Waals surface area contributed by atoms with Crippen LogP contribution in [0.15, 0.2) is 5.16 Å². The van der Waals surface area contributed by atoms with Gasteiger partial charge in [0.05, 0.1) is 0 Å². The van der Waals surface area contributed by atoms with Crippen LogP contribution < -0.4 is 11.1 Å². The van der Waals surface area contributed by atoms with Crippen molar-refractivity contribution in [1.29, 1.82) is 0 Å². The van der Waals surface area contributed by atoms with E-state index in [0.29, 0.717) is 6.42 Å². The zero-order valence-corrected chi connectivity index (χ0v) is 10.9. The molecule has 0 rings (SSSR count). The summed E-state index contributed by atoms with van der Waals surface area (Å²) in [7, 11) is -0.727. The zero-order chi connectivity index (χ0) is 12.4. The Labute approximate surface area is 99.9 Å². The molecule has 0 aromatic rings. The number of nitrogens with two attached hydrogens (primary N) is 1. The van der Waals surface area contributed by atoms with E-state index >= 15 is 0 Å². The first-order chi connectivity index (χ1) is 7.57. The highest BCUT2D eigenvalue weighted by Gasteiger charge is 2.04. The van der Waals surface area contributed by atoms with Crippen LogP contribution in [0.25, 0.3) is 0 Å². The summed E-state index contributed by atoms with van der Waals surface area (Å²) in [5, 5.41) is 14.8. The third-order valence-corrected chi connectivity index (χ3v) is 3.83. The number of oxime groups is 1. The van der Waals surface area contributed by atoms with E-state index in [1.54, 1.807) is 6.26 Å². The van der Waals surface area contributed by atoms with Gasteiger partial charge in [0.25, 0.3) is 0 Å². The molecule has 0 saturated carbocycles. The fourth-order valence-corrected chi connectivity index (χ4v) is 1.65. The standard InChI is InChI=1S/C10H23N3O2S/c1-9(16(2)15)6-8-12-7-4-3-5-10(11)13-14/h9,12,14H,3-8H2,1-2H3,(H2,11,13). The second-order valence-electron chi connectivity index (χ2n) is 3.90. The van der Waals surface area contributed by atoms with Crippen molar-refractivity contribution in [1.82, 2.24) is 5.32 Å². The monoisotopic (exact) mass is 249 g/mol. The lowest BCUT2D eigenvalue weighted by Gasteiger charge is -2.08. The number of nitrogens with one attached hydrogen (secondary N) is 1. The Morgan fingerprint density at radius 1 is 1.50 bits per heavy atom. The molecule has 2 unspecified atom stereocenters. The Balaban J connectivity index is 3.25. The molecule has 0 amide bonds. The van der Waals surface area contributed by atoms with E-state index in [-0.39, 0.29) is 11.1 Å². The summed E-state index contributed by atoms with van der Waals surface area (Å²) in [6, 6.07) is 0. The van der Waals surface area contributed by atoms with Crippen LogP contribution in [0.4, 0.5) is 0 Å². The summed E-state index contributed by atoms with van der Waals surface area (Å²) < 4.78 is 11.1. The Morgan fingerprint density at radius 3 is 2.75 bits per heavy atom. The van der Waals surface area contributed by atoms with E-state index in [4.69, 9.17) is 10.9 Å². The molecule has 4 N–H and O–H groups in total. The van der Waals surface area contributed by atoms with E-state index in [1.165, 1.54) is 0 Å². The summed E-state index contributed by atoms with van der Waals surface area (Å²) in [6.45, 7) is 3.81. The van der Waals surface area contributed by atoms with Crippen molar-refractivity contribution in [2.45, 2.75) is 37.9 Å². The number of hydrogen-bond acceptors (Lipinski definition) is 4. The maximum Gasteiger partial charge on any atom is 0.139 e. The molecule has 2 atom stereocenters. The van der Waals surface area contributed by atoms with Crippen molar-refractivity contribution in [2.24, 2.45) is 10.9 Å². The molecule has 0 aliphatic carbocycles. The fraction of sp³-hybridized carbons (Fsp3) is 0.900. The molecule has 5 nitrogen and oxygen atoms in total. The molecule has 96 valence electrons.